The van der Waals surface area contributed by atoms with Gasteiger partial charge >= 0.3 is 27.5 Å². The molecule has 0 aromatic heterocycles. The van der Waals surface area contributed by atoms with Crippen LogP contribution in [0.15, 0.2) is 0 Å². The number of hydrogen-bond acceptors (Lipinski definition) is 8. The van der Waals surface area contributed by atoms with Gasteiger partial charge in [-0.2, -0.15) is 8.42 Å². The van der Waals surface area contributed by atoms with Gasteiger partial charge in [-0.05, 0) is 0 Å². The summed E-state index contributed by atoms with van der Waals surface area (Å²) in [5.74, 6) is 8.00. The molecule has 0 saturated carbocycles. The van der Waals surface area contributed by atoms with Gasteiger partial charge < -0.3 is 9.11 Å². The summed E-state index contributed by atoms with van der Waals surface area (Å²) in [6, 6.07) is 0. The van der Waals surface area contributed by atoms with E-state index in [1.54, 1.807) is 0 Å². The van der Waals surface area contributed by atoms with Crippen molar-refractivity contribution in [3.05, 3.63) is 0 Å². The average molecular weight is 290 g/mol. The number of hydrogen-bond donors (Lipinski definition) is 4. The molecule has 0 bridgehead atoms. The second-order valence-corrected chi connectivity index (χ2v) is 2.57. The predicted octanol–water partition coefficient (Wildman–Crippen LogP) is -3.17. The summed E-state index contributed by atoms with van der Waals surface area (Å²) in [6.45, 7) is 0. The fraction of sp³-hybridized carbons (Fsp3) is 0. The topological polar surface area (TPSA) is 207 Å². The third kappa shape index (κ3) is 39200. The quantitative estimate of drug-likeness (QED) is 0.115. The minimum atomic E-state index is -5.17. The molecule has 10 nitrogen and oxygen atoms in total. The second-order valence-electron chi connectivity index (χ2n) is 0.856. The van der Waals surface area contributed by atoms with E-state index in [9.17, 15) is 0 Å². The molecular formula is H6CuN2O8S2. The molecule has 1 radical (unpaired) electrons. The molecule has 0 saturated heterocycles. The molecule has 13 heteroatoms. The van der Waals surface area contributed by atoms with Gasteiger partial charge in [0.1, 0.15) is 0 Å². The Hall–Kier alpha value is 0.179. The molecule has 0 aromatic rings. The van der Waals surface area contributed by atoms with Gasteiger partial charge in [0.25, 0.3) is 0 Å². The van der Waals surface area contributed by atoms with Gasteiger partial charge in [0.05, 0.1) is 0 Å². The van der Waals surface area contributed by atoms with Crippen molar-refractivity contribution in [1.82, 2.24) is 0 Å². The molecule has 87 valence electrons. The number of nitrogens with two attached hydrogens (primary N) is 2. The molecule has 0 fully saturated rings. The summed E-state index contributed by atoms with van der Waals surface area (Å²) in [4.78, 5) is 0. The fourth-order valence-electron chi connectivity index (χ4n) is 0. The summed E-state index contributed by atoms with van der Waals surface area (Å²) in [7, 11) is -9.83. The van der Waals surface area contributed by atoms with Gasteiger partial charge in [-0.15, -0.1) is 0 Å². The van der Waals surface area contributed by atoms with E-state index in [0.717, 1.165) is 0 Å². The molecule has 0 heterocycles. The Bertz CT molecular complexity index is 217. The zero-order valence-corrected chi connectivity index (χ0v) is 8.19. The first kappa shape index (κ1) is 23.2. The molecule has 13 heavy (non-hydrogen) atoms. The Morgan fingerprint density at radius 2 is 0.923 bits per heavy atom. The van der Waals surface area contributed by atoms with Crippen LogP contribution in [0.1, 0.15) is 0 Å². The number of rotatable bonds is 0. The summed E-state index contributed by atoms with van der Waals surface area (Å²) >= 11 is 0. The van der Waals surface area contributed by atoms with Crippen LogP contribution in [0.3, 0.4) is 0 Å². The summed E-state index contributed by atoms with van der Waals surface area (Å²) in [5.41, 5.74) is 0. The van der Waals surface area contributed by atoms with Crippen molar-refractivity contribution in [3.63, 3.8) is 0 Å². The van der Waals surface area contributed by atoms with Crippen LogP contribution in [0.2, 0.25) is 0 Å². The average Bonchev–Trinajstić information content (AvgIpc) is 1.59. The van der Waals surface area contributed by atoms with E-state index < -0.39 is 20.8 Å². The monoisotopic (exact) mass is 289 g/mol. The van der Waals surface area contributed by atoms with Crippen LogP contribution in [-0.2, 0) is 37.9 Å². The van der Waals surface area contributed by atoms with Crippen LogP contribution in [0.25, 0.3) is 0 Å². The van der Waals surface area contributed by atoms with E-state index in [-0.39, 0.29) is 17.1 Å². The van der Waals surface area contributed by atoms with Crippen molar-refractivity contribution < 1.29 is 52.1 Å². The van der Waals surface area contributed by atoms with Gasteiger partial charge in [-0.25, -0.2) is 0 Å². The second kappa shape index (κ2) is 10.3. The van der Waals surface area contributed by atoms with Gasteiger partial charge in [-0.1, -0.05) is 0 Å². The molecular weight excluding hydrogens is 284 g/mol. The van der Waals surface area contributed by atoms with Gasteiger partial charge in [0.15, 0.2) is 0 Å². The Balaban J connectivity index is -0.0000000491. The third-order valence-electron chi connectivity index (χ3n) is 0. The smallest absolute Gasteiger partial charge is 0.759 e. The Morgan fingerprint density at radius 3 is 0.923 bits per heavy atom. The molecule has 0 aromatic carbocycles. The zero-order valence-electron chi connectivity index (χ0n) is 5.62. The summed E-state index contributed by atoms with van der Waals surface area (Å²) in [5, 5.41) is 0. The first-order valence-electron chi connectivity index (χ1n) is 1.70. The van der Waals surface area contributed by atoms with Crippen LogP contribution in [-0.4, -0.2) is 35.0 Å². The maximum Gasteiger partial charge on any atom is 2.00 e. The van der Waals surface area contributed by atoms with Crippen LogP contribution in [0.4, 0.5) is 0 Å². The van der Waals surface area contributed by atoms with Gasteiger partial charge in [0.2, 0.25) is 0 Å². The van der Waals surface area contributed by atoms with E-state index in [2.05, 4.69) is 11.7 Å². The largest absolute Gasteiger partial charge is 2.00 e. The minimum Gasteiger partial charge on any atom is -0.759 e. The molecule has 0 rings (SSSR count). The van der Waals surface area contributed by atoms with Crippen molar-refractivity contribution in [2.45, 2.75) is 0 Å². The van der Waals surface area contributed by atoms with Crippen molar-refractivity contribution in [3.8, 4) is 0 Å². The third-order valence-corrected chi connectivity index (χ3v) is 0. The van der Waals surface area contributed by atoms with Crippen LogP contribution in [0.5, 0.6) is 0 Å². The van der Waals surface area contributed by atoms with E-state index in [4.69, 9.17) is 35.0 Å². The fourth-order valence-corrected chi connectivity index (χ4v) is 0. The number of hydrazine groups is 1. The molecule has 0 unspecified atom stereocenters. The Kier molecular flexibility index (Phi) is 18.3. The maximum absolute atomic E-state index is 8.74. The van der Waals surface area contributed by atoms with E-state index >= 15 is 0 Å². The van der Waals surface area contributed by atoms with Crippen molar-refractivity contribution in [2.75, 3.05) is 0 Å². The van der Waals surface area contributed by atoms with Crippen LogP contribution < -0.4 is 11.7 Å². The predicted molar refractivity (Wildman–Crippen MR) is 33.0 cm³/mol. The molecule has 0 aliphatic heterocycles. The van der Waals surface area contributed by atoms with Gasteiger partial charge in [0, 0.05) is 10.4 Å². The molecule has 6 N–H and O–H groups in total. The molecule has 0 amide bonds. The van der Waals surface area contributed by atoms with Crippen molar-refractivity contribution in [1.29, 1.82) is 0 Å². The Morgan fingerprint density at radius 1 is 0.923 bits per heavy atom. The Labute approximate surface area is 84.9 Å². The molecule has 0 aliphatic carbocycles. The minimum absolute atomic E-state index is 0. The van der Waals surface area contributed by atoms with Crippen LogP contribution >= 0.6 is 0 Å². The first-order chi connectivity index (χ1) is 5.00. The molecule has 0 atom stereocenters. The molecule has 0 spiro atoms. The first-order valence-corrected chi connectivity index (χ1v) is 4.43. The van der Waals surface area contributed by atoms with Crippen molar-refractivity contribution >= 4 is 20.8 Å². The van der Waals surface area contributed by atoms with E-state index in [0.29, 0.717) is 0 Å². The normalized spacial score (nSPS) is 9.38. The van der Waals surface area contributed by atoms with E-state index in [1.807, 2.05) is 0 Å². The van der Waals surface area contributed by atoms with Gasteiger partial charge in [-0.3, -0.25) is 29.2 Å². The van der Waals surface area contributed by atoms with Crippen LogP contribution in [0, 0.1) is 0 Å². The molecule has 0 aliphatic rings. The SMILES string of the molecule is NN.O=S(=O)(O)O.O=S(=O)([O-])[O-].[Cu+2]. The maximum atomic E-state index is 8.74. The standard InChI is InChI=1S/Cu.H4N2.2H2O4S/c;1-2;2*1-5(2,3)4/h;1-2H2;2*(H2,1,2,3,4)/q+2;;;/p-2. The van der Waals surface area contributed by atoms with Crippen molar-refractivity contribution in [2.24, 2.45) is 11.7 Å². The summed E-state index contributed by atoms with van der Waals surface area (Å²) in [6.07, 6.45) is 0. The summed E-state index contributed by atoms with van der Waals surface area (Å²) < 4.78 is 65.7. The van der Waals surface area contributed by atoms with E-state index in [1.165, 1.54) is 0 Å². The zero-order chi connectivity index (χ0) is 11.0.